The summed E-state index contributed by atoms with van der Waals surface area (Å²) in [4.78, 5) is 0. The highest BCUT2D eigenvalue weighted by Crippen LogP contribution is 2.10. The molecule has 0 saturated heterocycles. The predicted molar refractivity (Wildman–Crippen MR) is 63.8 cm³/mol. The van der Waals surface area contributed by atoms with Crippen LogP contribution >= 0.6 is 0 Å². The number of aliphatic hydroxyl groups excluding tert-OH is 1. The van der Waals surface area contributed by atoms with Crippen LogP contribution in [0.4, 0.5) is 0 Å². The van der Waals surface area contributed by atoms with Gasteiger partial charge in [0.1, 0.15) is 0 Å². The standard InChI is InChI=1S/C13H21NO/c1-11-4-6-12(7-5-11)10-14-13(2,3)8-9-15/h4-7,14-15H,8-10H2,1-3H3. The van der Waals surface area contributed by atoms with E-state index >= 15 is 0 Å². The monoisotopic (exact) mass is 207 g/mol. The number of nitrogens with one attached hydrogen (secondary N) is 1. The second-order valence-corrected chi connectivity index (χ2v) is 4.70. The van der Waals surface area contributed by atoms with Crippen molar-refractivity contribution in [2.75, 3.05) is 6.61 Å². The number of aliphatic hydroxyl groups is 1. The maximum Gasteiger partial charge on any atom is 0.0448 e. The van der Waals surface area contributed by atoms with Crippen molar-refractivity contribution in [3.05, 3.63) is 35.4 Å². The maximum atomic E-state index is 8.90. The lowest BCUT2D eigenvalue weighted by atomic mass is 10.0. The smallest absolute Gasteiger partial charge is 0.0448 e. The average Bonchev–Trinajstić information content (AvgIpc) is 2.17. The molecule has 0 fully saturated rings. The molecule has 0 aromatic heterocycles. The quantitative estimate of drug-likeness (QED) is 0.776. The van der Waals surface area contributed by atoms with Gasteiger partial charge >= 0.3 is 0 Å². The molecule has 0 unspecified atom stereocenters. The van der Waals surface area contributed by atoms with E-state index in [1.165, 1.54) is 11.1 Å². The Morgan fingerprint density at radius 1 is 1.20 bits per heavy atom. The van der Waals surface area contributed by atoms with Crippen LogP contribution in [0.25, 0.3) is 0 Å². The van der Waals surface area contributed by atoms with E-state index < -0.39 is 0 Å². The molecule has 0 radical (unpaired) electrons. The lowest BCUT2D eigenvalue weighted by Crippen LogP contribution is -2.39. The molecule has 2 N–H and O–H groups in total. The minimum atomic E-state index is -0.000361. The molecule has 0 atom stereocenters. The van der Waals surface area contributed by atoms with Crippen LogP contribution in [0.5, 0.6) is 0 Å². The van der Waals surface area contributed by atoms with Crippen LogP contribution < -0.4 is 5.32 Å². The molecule has 0 heterocycles. The van der Waals surface area contributed by atoms with Crippen LogP contribution in [0.3, 0.4) is 0 Å². The van der Waals surface area contributed by atoms with E-state index in [1.807, 2.05) is 0 Å². The predicted octanol–water partition coefficient (Wildman–Crippen LogP) is 2.25. The van der Waals surface area contributed by atoms with E-state index in [0.717, 1.165) is 13.0 Å². The highest BCUT2D eigenvalue weighted by molar-refractivity contribution is 5.21. The fourth-order valence-corrected chi connectivity index (χ4v) is 1.42. The van der Waals surface area contributed by atoms with Crippen molar-refractivity contribution < 1.29 is 5.11 Å². The Morgan fingerprint density at radius 3 is 2.33 bits per heavy atom. The Kier molecular flexibility index (Phi) is 4.30. The zero-order valence-electron chi connectivity index (χ0n) is 9.88. The lowest BCUT2D eigenvalue weighted by molar-refractivity contribution is 0.230. The fourth-order valence-electron chi connectivity index (χ4n) is 1.42. The van der Waals surface area contributed by atoms with Crippen LogP contribution in [0.1, 0.15) is 31.4 Å². The molecular formula is C13H21NO. The Bertz CT molecular complexity index is 290. The molecule has 0 spiro atoms. The Labute approximate surface area is 92.3 Å². The van der Waals surface area contributed by atoms with Crippen molar-refractivity contribution in [3.8, 4) is 0 Å². The van der Waals surface area contributed by atoms with Crippen molar-refractivity contribution in [2.24, 2.45) is 0 Å². The maximum absolute atomic E-state index is 8.90. The largest absolute Gasteiger partial charge is 0.396 e. The van der Waals surface area contributed by atoms with Gasteiger partial charge < -0.3 is 10.4 Å². The van der Waals surface area contributed by atoms with Crippen LogP contribution in [-0.4, -0.2) is 17.3 Å². The Hall–Kier alpha value is -0.860. The lowest BCUT2D eigenvalue weighted by Gasteiger charge is -2.25. The van der Waals surface area contributed by atoms with Gasteiger partial charge in [-0.1, -0.05) is 29.8 Å². The Morgan fingerprint density at radius 2 is 1.80 bits per heavy atom. The first-order valence-electron chi connectivity index (χ1n) is 5.45. The SMILES string of the molecule is Cc1ccc(CNC(C)(C)CCO)cc1. The van der Waals surface area contributed by atoms with E-state index in [4.69, 9.17) is 5.11 Å². The molecule has 0 saturated carbocycles. The molecule has 15 heavy (non-hydrogen) atoms. The molecule has 2 heteroatoms. The van der Waals surface area contributed by atoms with Gasteiger partial charge in [0.25, 0.3) is 0 Å². The van der Waals surface area contributed by atoms with Gasteiger partial charge in [-0.3, -0.25) is 0 Å². The number of hydrogen-bond acceptors (Lipinski definition) is 2. The summed E-state index contributed by atoms with van der Waals surface area (Å²) < 4.78 is 0. The third-order valence-corrected chi connectivity index (χ3v) is 2.63. The normalized spacial score (nSPS) is 11.7. The van der Waals surface area contributed by atoms with Crippen LogP contribution in [0, 0.1) is 6.92 Å². The number of hydrogen-bond donors (Lipinski definition) is 2. The van der Waals surface area contributed by atoms with Crippen molar-refractivity contribution in [1.29, 1.82) is 0 Å². The Balaban J connectivity index is 2.46. The highest BCUT2D eigenvalue weighted by atomic mass is 16.3. The first kappa shape index (κ1) is 12.2. The van der Waals surface area contributed by atoms with E-state index in [1.54, 1.807) is 0 Å². The van der Waals surface area contributed by atoms with Crippen molar-refractivity contribution in [3.63, 3.8) is 0 Å². The molecule has 0 aliphatic heterocycles. The minimum absolute atomic E-state index is 0.000361. The van der Waals surface area contributed by atoms with Crippen molar-refractivity contribution in [1.82, 2.24) is 5.32 Å². The zero-order chi connectivity index (χ0) is 11.3. The number of aryl methyl sites for hydroxylation is 1. The summed E-state index contributed by atoms with van der Waals surface area (Å²) >= 11 is 0. The molecule has 84 valence electrons. The van der Waals surface area contributed by atoms with Gasteiger partial charge in [-0.05, 0) is 32.8 Å². The van der Waals surface area contributed by atoms with E-state index in [9.17, 15) is 0 Å². The first-order chi connectivity index (χ1) is 7.03. The summed E-state index contributed by atoms with van der Waals surface area (Å²) in [6.45, 7) is 7.39. The molecule has 2 nitrogen and oxygen atoms in total. The summed E-state index contributed by atoms with van der Waals surface area (Å²) in [7, 11) is 0. The molecule has 1 aromatic rings. The van der Waals surface area contributed by atoms with E-state index in [-0.39, 0.29) is 12.1 Å². The van der Waals surface area contributed by atoms with Gasteiger partial charge in [0, 0.05) is 18.7 Å². The van der Waals surface area contributed by atoms with Gasteiger partial charge in [-0.2, -0.15) is 0 Å². The molecule has 1 rings (SSSR count). The summed E-state index contributed by atoms with van der Waals surface area (Å²) in [5.41, 5.74) is 2.57. The summed E-state index contributed by atoms with van der Waals surface area (Å²) in [5, 5.41) is 12.3. The summed E-state index contributed by atoms with van der Waals surface area (Å²) in [5.74, 6) is 0. The van der Waals surface area contributed by atoms with Gasteiger partial charge in [0.2, 0.25) is 0 Å². The van der Waals surface area contributed by atoms with Gasteiger partial charge in [-0.25, -0.2) is 0 Å². The zero-order valence-corrected chi connectivity index (χ0v) is 9.88. The third kappa shape index (κ3) is 4.45. The topological polar surface area (TPSA) is 32.3 Å². The number of rotatable bonds is 5. The van der Waals surface area contributed by atoms with E-state index in [0.29, 0.717) is 0 Å². The van der Waals surface area contributed by atoms with Crippen molar-refractivity contribution >= 4 is 0 Å². The molecule has 0 aliphatic rings. The third-order valence-electron chi connectivity index (χ3n) is 2.63. The van der Waals surface area contributed by atoms with Gasteiger partial charge in [0.05, 0.1) is 0 Å². The van der Waals surface area contributed by atoms with E-state index in [2.05, 4.69) is 50.4 Å². The average molecular weight is 207 g/mol. The minimum Gasteiger partial charge on any atom is -0.396 e. The summed E-state index contributed by atoms with van der Waals surface area (Å²) in [6, 6.07) is 8.51. The van der Waals surface area contributed by atoms with Gasteiger partial charge in [0.15, 0.2) is 0 Å². The van der Waals surface area contributed by atoms with Gasteiger partial charge in [-0.15, -0.1) is 0 Å². The van der Waals surface area contributed by atoms with Crippen LogP contribution in [-0.2, 0) is 6.54 Å². The molecule has 1 aromatic carbocycles. The summed E-state index contributed by atoms with van der Waals surface area (Å²) in [6.07, 6.45) is 0.777. The number of benzene rings is 1. The first-order valence-corrected chi connectivity index (χ1v) is 5.45. The molecular weight excluding hydrogens is 186 g/mol. The molecule has 0 bridgehead atoms. The highest BCUT2D eigenvalue weighted by Gasteiger charge is 2.15. The van der Waals surface area contributed by atoms with Crippen LogP contribution in [0.15, 0.2) is 24.3 Å². The molecule has 0 aliphatic carbocycles. The molecule has 0 amide bonds. The second-order valence-electron chi connectivity index (χ2n) is 4.70. The fraction of sp³-hybridized carbons (Fsp3) is 0.538. The van der Waals surface area contributed by atoms with Crippen LogP contribution in [0.2, 0.25) is 0 Å². The second kappa shape index (κ2) is 5.29. The van der Waals surface area contributed by atoms with Crippen molar-refractivity contribution in [2.45, 2.75) is 39.3 Å².